The summed E-state index contributed by atoms with van der Waals surface area (Å²) in [5.41, 5.74) is 2.08. The molecule has 146 valence electrons. The monoisotopic (exact) mass is 400 g/mol. The van der Waals surface area contributed by atoms with E-state index in [1.54, 1.807) is 0 Å². The van der Waals surface area contributed by atoms with Gasteiger partial charge in [-0.2, -0.15) is 0 Å². The largest absolute Gasteiger partial charge is 0.522 e. The average molecular weight is 401 g/mol. The number of fused-ring (bicyclic) bond motifs is 3. The number of rotatable bonds is 2. The SMILES string of the molecule is CN1Cc2cc(Cl)ccc2-n2c(nnc2[C@H]2CC[C@H](OC(F)(F)F)CC2)C1. The number of hydrogen-bond acceptors (Lipinski definition) is 4. The lowest BCUT2D eigenvalue weighted by molar-refractivity contribution is -0.345. The molecule has 27 heavy (non-hydrogen) atoms. The molecule has 1 fully saturated rings. The minimum absolute atomic E-state index is 0.0614. The highest BCUT2D eigenvalue weighted by Crippen LogP contribution is 2.38. The van der Waals surface area contributed by atoms with Crippen molar-refractivity contribution in [3.05, 3.63) is 40.4 Å². The van der Waals surface area contributed by atoms with Gasteiger partial charge in [0.2, 0.25) is 0 Å². The molecule has 1 aromatic heterocycles. The van der Waals surface area contributed by atoms with Crippen molar-refractivity contribution in [2.24, 2.45) is 0 Å². The van der Waals surface area contributed by atoms with Gasteiger partial charge in [0, 0.05) is 17.5 Å². The van der Waals surface area contributed by atoms with Gasteiger partial charge >= 0.3 is 6.36 Å². The molecule has 1 aliphatic heterocycles. The van der Waals surface area contributed by atoms with Gasteiger partial charge in [0.1, 0.15) is 5.82 Å². The zero-order valence-corrected chi connectivity index (χ0v) is 15.6. The lowest BCUT2D eigenvalue weighted by Gasteiger charge is -2.28. The molecule has 2 heterocycles. The number of benzene rings is 1. The Morgan fingerprint density at radius 2 is 1.85 bits per heavy atom. The Kier molecular flexibility index (Phi) is 4.90. The summed E-state index contributed by atoms with van der Waals surface area (Å²) < 4.78 is 43.6. The second kappa shape index (κ2) is 7.07. The zero-order valence-electron chi connectivity index (χ0n) is 14.8. The van der Waals surface area contributed by atoms with E-state index in [-0.39, 0.29) is 5.92 Å². The van der Waals surface area contributed by atoms with Gasteiger partial charge in [-0.15, -0.1) is 23.4 Å². The predicted octanol–water partition coefficient (Wildman–Crippen LogP) is 4.43. The number of hydrogen-bond donors (Lipinski definition) is 0. The second-order valence-corrected chi connectivity index (χ2v) is 7.73. The maximum Gasteiger partial charge on any atom is 0.522 e. The third-order valence-electron chi connectivity index (χ3n) is 5.23. The van der Waals surface area contributed by atoms with E-state index in [2.05, 4.69) is 24.4 Å². The van der Waals surface area contributed by atoms with Crippen LogP contribution in [0.15, 0.2) is 18.2 Å². The van der Waals surface area contributed by atoms with Crippen LogP contribution >= 0.6 is 11.6 Å². The molecule has 1 aliphatic carbocycles. The van der Waals surface area contributed by atoms with Crippen molar-refractivity contribution >= 4 is 11.6 Å². The fourth-order valence-corrected chi connectivity index (χ4v) is 4.27. The summed E-state index contributed by atoms with van der Waals surface area (Å²) in [6.45, 7) is 1.39. The molecule has 0 spiro atoms. The molecule has 9 heteroatoms. The molecule has 5 nitrogen and oxygen atoms in total. The first kappa shape index (κ1) is 18.7. The van der Waals surface area contributed by atoms with E-state index in [1.165, 1.54) is 0 Å². The maximum absolute atomic E-state index is 12.5. The highest BCUT2D eigenvalue weighted by molar-refractivity contribution is 6.30. The van der Waals surface area contributed by atoms with Crippen molar-refractivity contribution in [1.82, 2.24) is 19.7 Å². The van der Waals surface area contributed by atoms with E-state index in [1.807, 2.05) is 25.2 Å². The fraction of sp³-hybridized carbons (Fsp3) is 0.556. The summed E-state index contributed by atoms with van der Waals surface area (Å²) in [5.74, 6) is 1.71. The molecule has 0 unspecified atom stereocenters. The topological polar surface area (TPSA) is 43.2 Å². The molecule has 0 radical (unpaired) electrons. The Morgan fingerprint density at radius 1 is 1.11 bits per heavy atom. The summed E-state index contributed by atoms with van der Waals surface area (Å²) in [6, 6.07) is 5.75. The van der Waals surface area contributed by atoms with Crippen LogP contribution in [-0.2, 0) is 17.8 Å². The molecule has 1 saturated carbocycles. The Bertz CT molecular complexity index is 830. The van der Waals surface area contributed by atoms with Crippen molar-refractivity contribution in [2.45, 2.75) is 57.2 Å². The van der Waals surface area contributed by atoms with Gasteiger partial charge in [-0.3, -0.25) is 14.2 Å². The van der Waals surface area contributed by atoms with Gasteiger partial charge in [0.05, 0.1) is 18.3 Å². The van der Waals surface area contributed by atoms with Crippen LogP contribution < -0.4 is 0 Å². The Labute approximate surface area is 160 Å². The quantitative estimate of drug-likeness (QED) is 0.748. The normalized spacial score (nSPS) is 23.6. The number of alkyl halides is 3. The average Bonchev–Trinajstić information content (AvgIpc) is 2.91. The van der Waals surface area contributed by atoms with Gasteiger partial charge in [-0.25, -0.2) is 0 Å². The lowest BCUT2D eigenvalue weighted by Crippen LogP contribution is -2.28. The molecule has 4 rings (SSSR count). The summed E-state index contributed by atoms with van der Waals surface area (Å²) in [4.78, 5) is 2.14. The van der Waals surface area contributed by atoms with Crippen LogP contribution in [0.25, 0.3) is 5.69 Å². The first-order valence-corrected chi connectivity index (χ1v) is 9.34. The highest BCUT2D eigenvalue weighted by Gasteiger charge is 2.37. The minimum atomic E-state index is -4.58. The van der Waals surface area contributed by atoms with Gasteiger partial charge in [-0.05, 0) is 56.5 Å². The second-order valence-electron chi connectivity index (χ2n) is 7.29. The van der Waals surface area contributed by atoms with E-state index >= 15 is 0 Å². The van der Waals surface area contributed by atoms with E-state index < -0.39 is 12.5 Å². The molecule has 2 aliphatic rings. The fourth-order valence-electron chi connectivity index (χ4n) is 4.07. The molecule has 0 atom stereocenters. The van der Waals surface area contributed by atoms with Crippen molar-refractivity contribution in [3.63, 3.8) is 0 Å². The summed E-state index contributed by atoms with van der Waals surface area (Å²) in [6.07, 6.45) is -3.44. The molecule has 2 aromatic rings. The first-order chi connectivity index (χ1) is 12.8. The van der Waals surface area contributed by atoms with Gasteiger partial charge in [0.25, 0.3) is 0 Å². The summed E-state index contributed by atoms with van der Waals surface area (Å²) in [5, 5.41) is 9.45. The summed E-state index contributed by atoms with van der Waals surface area (Å²) >= 11 is 6.17. The standard InChI is InChI=1S/C18H20ClF3N4O/c1-25-9-12-8-13(19)4-7-15(12)26-16(10-25)23-24-17(26)11-2-5-14(6-3-11)27-18(20,21)22/h4,7-8,11,14H,2-3,5-6,9-10H2,1H3/t11-,14-. The minimum Gasteiger partial charge on any atom is -0.295 e. The van der Waals surface area contributed by atoms with Crippen LogP contribution in [0.4, 0.5) is 13.2 Å². The van der Waals surface area contributed by atoms with Crippen molar-refractivity contribution in [2.75, 3.05) is 7.05 Å². The predicted molar refractivity (Wildman–Crippen MR) is 93.7 cm³/mol. The number of halogens is 4. The third kappa shape index (κ3) is 3.97. The molecular weight excluding hydrogens is 381 g/mol. The number of aromatic nitrogens is 3. The van der Waals surface area contributed by atoms with Crippen molar-refractivity contribution < 1.29 is 17.9 Å². The Balaban J connectivity index is 1.62. The zero-order chi connectivity index (χ0) is 19.2. The van der Waals surface area contributed by atoms with E-state index in [0.29, 0.717) is 37.3 Å². The van der Waals surface area contributed by atoms with Gasteiger partial charge in [-0.1, -0.05) is 11.6 Å². The van der Waals surface area contributed by atoms with Gasteiger partial charge in [0.15, 0.2) is 5.82 Å². The van der Waals surface area contributed by atoms with E-state index in [9.17, 15) is 13.2 Å². The van der Waals surface area contributed by atoms with Gasteiger partial charge < -0.3 is 0 Å². The van der Waals surface area contributed by atoms with E-state index in [0.717, 1.165) is 29.4 Å². The highest BCUT2D eigenvalue weighted by atomic mass is 35.5. The molecule has 0 amide bonds. The number of nitrogens with zero attached hydrogens (tertiary/aromatic N) is 4. The lowest BCUT2D eigenvalue weighted by atomic mass is 9.86. The molecule has 0 bridgehead atoms. The Hall–Kier alpha value is -1.64. The maximum atomic E-state index is 12.5. The van der Waals surface area contributed by atoms with Crippen LogP contribution in [0.5, 0.6) is 0 Å². The van der Waals surface area contributed by atoms with Crippen molar-refractivity contribution in [1.29, 1.82) is 0 Å². The van der Waals surface area contributed by atoms with Crippen molar-refractivity contribution in [3.8, 4) is 5.69 Å². The van der Waals surface area contributed by atoms with Crippen LogP contribution in [0.2, 0.25) is 5.02 Å². The van der Waals surface area contributed by atoms with Crippen LogP contribution in [-0.4, -0.2) is 39.2 Å². The summed E-state index contributed by atoms with van der Waals surface area (Å²) in [7, 11) is 2.01. The molecule has 0 N–H and O–H groups in total. The molecule has 1 aromatic carbocycles. The van der Waals surface area contributed by atoms with Crippen LogP contribution in [0.1, 0.15) is 48.8 Å². The molecular formula is C18H20ClF3N4O. The number of ether oxygens (including phenoxy) is 1. The Morgan fingerprint density at radius 3 is 2.56 bits per heavy atom. The van der Waals surface area contributed by atoms with Crippen LogP contribution in [0, 0.1) is 0 Å². The van der Waals surface area contributed by atoms with E-state index in [4.69, 9.17) is 11.6 Å². The molecule has 0 saturated heterocycles. The first-order valence-electron chi connectivity index (χ1n) is 8.96. The third-order valence-corrected chi connectivity index (χ3v) is 5.46. The smallest absolute Gasteiger partial charge is 0.295 e. The van der Waals surface area contributed by atoms with Crippen LogP contribution in [0.3, 0.4) is 0 Å².